The Balaban J connectivity index is 1.38. The molecule has 4 rings (SSSR count). The lowest BCUT2D eigenvalue weighted by atomic mass is 9.85. The van der Waals surface area contributed by atoms with Crippen LogP contribution >= 0.6 is 0 Å². The predicted octanol–water partition coefficient (Wildman–Crippen LogP) is 5.57. The number of nitrogens with zero attached hydrogens (tertiary/aromatic N) is 1. The Morgan fingerprint density at radius 2 is 1.94 bits per heavy atom. The summed E-state index contributed by atoms with van der Waals surface area (Å²) in [6, 6.07) is 12.8. The summed E-state index contributed by atoms with van der Waals surface area (Å²) in [7, 11) is 1.71. The number of carbonyl (C=O) groups is 1. The monoisotopic (exact) mass is 465 g/mol. The highest BCUT2D eigenvalue weighted by Gasteiger charge is 2.31. The minimum Gasteiger partial charge on any atom is -0.496 e. The second-order valence-corrected chi connectivity index (χ2v) is 9.78. The first-order valence-corrected chi connectivity index (χ1v) is 12.0. The van der Waals surface area contributed by atoms with Gasteiger partial charge in [0.05, 0.1) is 7.11 Å². The lowest BCUT2D eigenvalue weighted by Crippen LogP contribution is -2.53. The van der Waals surface area contributed by atoms with E-state index >= 15 is 0 Å². The normalized spacial score (nSPS) is 16.3. The molecule has 0 aromatic heterocycles. The molecule has 2 aromatic carbocycles. The van der Waals surface area contributed by atoms with Crippen molar-refractivity contribution in [2.45, 2.75) is 52.7 Å². The number of carboxylic acid groups (broad SMARTS) is 1. The summed E-state index contributed by atoms with van der Waals surface area (Å²) in [6.45, 7) is 9.31. The molecule has 1 aliphatic heterocycles. The number of fused-ring (bicyclic) bond motifs is 1. The third kappa shape index (κ3) is 5.73. The van der Waals surface area contributed by atoms with Crippen LogP contribution < -0.4 is 9.47 Å². The van der Waals surface area contributed by atoms with E-state index in [2.05, 4.69) is 56.0 Å². The standard InChI is InChI=1S/C28H35NO5/c1-18(2)11-20-5-6-23(27(12-20)32-4)17-33-24-9-10-26-19(3)22(8-7-21(26)13-24)14-29-15-25(16-29)34-28(30)31/h5-6,9-10,12-13,18,25H,7-8,11,14-17H2,1-4H3,(H,30,31). The Labute approximate surface area is 202 Å². The molecule has 0 saturated carbocycles. The van der Waals surface area contributed by atoms with Gasteiger partial charge in [-0.3, -0.25) is 4.90 Å². The van der Waals surface area contributed by atoms with Crippen molar-refractivity contribution >= 4 is 11.7 Å². The zero-order chi connectivity index (χ0) is 24.2. The molecule has 0 amide bonds. The van der Waals surface area contributed by atoms with Gasteiger partial charge in [-0.15, -0.1) is 0 Å². The van der Waals surface area contributed by atoms with Crippen LogP contribution in [0.2, 0.25) is 0 Å². The van der Waals surface area contributed by atoms with Crippen molar-refractivity contribution in [2.75, 3.05) is 26.7 Å². The van der Waals surface area contributed by atoms with Gasteiger partial charge in [0.15, 0.2) is 0 Å². The number of hydrogen-bond acceptors (Lipinski definition) is 5. The average molecular weight is 466 g/mol. The number of aryl methyl sites for hydroxylation is 1. The Morgan fingerprint density at radius 3 is 2.65 bits per heavy atom. The van der Waals surface area contributed by atoms with Crippen LogP contribution in [0.5, 0.6) is 11.5 Å². The third-order valence-corrected chi connectivity index (χ3v) is 6.70. The van der Waals surface area contributed by atoms with Crippen molar-refractivity contribution < 1.29 is 24.1 Å². The molecule has 0 unspecified atom stereocenters. The van der Waals surface area contributed by atoms with Gasteiger partial charge in [-0.2, -0.15) is 0 Å². The molecular formula is C28H35NO5. The molecule has 1 aliphatic carbocycles. The Kier molecular flexibility index (Phi) is 7.47. The van der Waals surface area contributed by atoms with Crippen LogP contribution in [0.25, 0.3) is 5.57 Å². The SMILES string of the molecule is COc1cc(CC(C)C)ccc1COc1ccc2c(c1)CCC(CN1CC(OC(=O)O)C1)=C2C. The molecule has 0 spiro atoms. The Hall–Kier alpha value is -2.99. The van der Waals surface area contributed by atoms with Crippen LogP contribution in [-0.2, 0) is 24.2 Å². The second-order valence-electron chi connectivity index (χ2n) is 9.78. The predicted molar refractivity (Wildman–Crippen MR) is 133 cm³/mol. The van der Waals surface area contributed by atoms with E-state index in [0.29, 0.717) is 25.6 Å². The van der Waals surface area contributed by atoms with Crippen molar-refractivity contribution in [3.05, 3.63) is 64.2 Å². The maximum atomic E-state index is 10.7. The molecule has 0 bridgehead atoms. The molecule has 2 aliphatic rings. The van der Waals surface area contributed by atoms with Crippen LogP contribution in [0.1, 0.15) is 49.4 Å². The fourth-order valence-electron chi connectivity index (χ4n) is 4.90. The number of rotatable bonds is 9. The molecule has 1 heterocycles. The summed E-state index contributed by atoms with van der Waals surface area (Å²) in [5, 5.41) is 8.73. The molecular weight excluding hydrogens is 430 g/mol. The first-order chi connectivity index (χ1) is 16.3. The van der Waals surface area contributed by atoms with Crippen LogP contribution in [0.4, 0.5) is 4.79 Å². The maximum absolute atomic E-state index is 10.7. The van der Waals surface area contributed by atoms with Gasteiger partial charge in [-0.25, -0.2) is 4.79 Å². The van der Waals surface area contributed by atoms with Gasteiger partial charge in [-0.1, -0.05) is 37.6 Å². The molecule has 1 N–H and O–H groups in total. The quantitative estimate of drug-likeness (QED) is 0.488. The van der Waals surface area contributed by atoms with E-state index in [4.69, 9.17) is 19.3 Å². The summed E-state index contributed by atoms with van der Waals surface area (Å²) in [6.07, 6.45) is 1.64. The smallest absolute Gasteiger partial charge is 0.496 e. The van der Waals surface area contributed by atoms with Crippen LogP contribution in [0, 0.1) is 5.92 Å². The first kappa shape index (κ1) is 24.1. The molecule has 34 heavy (non-hydrogen) atoms. The highest BCUT2D eigenvalue weighted by atomic mass is 16.7. The number of methoxy groups -OCH3 is 1. The fraction of sp³-hybridized carbons (Fsp3) is 0.464. The lowest BCUT2D eigenvalue weighted by molar-refractivity contribution is -0.0292. The summed E-state index contributed by atoms with van der Waals surface area (Å²) in [4.78, 5) is 12.9. The van der Waals surface area contributed by atoms with Crippen molar-refractivity contribution in [2.24, 2.45) is 5.92 Å². The maximum Gasteiger partial charge on any atom is 0.506 e. The van der Waals surface area contributed by atoms with Crippen molar-refractivity contribution in [3.8, 4) is 11.5 Å². The lowest BCUT2D eigenvalue weighted by Gasteiger charge is -2.39. The molecule has 2 aromatic rings. The van der Waals surface area contributed by atoms with E-state index in [0.717, 1.165) is 42.9 Å². The van der Waals surface area contributed by atoms with E-state index in [9.17, 15) is 4.79 Å². The van der Waals surface area contributed by atoms with Gasteiger partial charge in [0.1, 0.15) is 24.2 Å². The fourth-order valence-corrected chi connectivity index (χ4v) is 4.90. The zero-order valence-electron chi connectivity index (χ0n) is 20.6. The topological polar surface area (TPSA) is 68.2 Å². The van der Waals surface area contributed by atoms with E-state index in [-0.39, 0.29) is 6.10 Å². The minimum absolute atomic E-state index is 0.195. The zero-order valence-corrected chi connectivity index (χ0v) is 20.6. The van der Waals surface area contributed by atoms with Gasteiger partial charge < -0.3 is 19.3 Å². The van der Waals surface area contributed by atoms with E-state index in [1.54, 1.807) is 7.11 Å². The van der Waals surface area contributed by atoms with Crippen LogP contribution in [0.15, 0.2) is 42.0 Å². The van der Waals surface area contributed by atoms with Gasteiger partial charge in [-0.05, 0) is 72.6 Å². The van der Waals surface area contributed by atoms with Crippen molar-refractivity contribution in [3.63, 3.8) is 0 Å². The van der Waals surface area contributed by atoms with E-state index < -0.39 is 6.16 Å². The number of ether oxygens (including phenoxy) is 3. The van der Waals surface area contributed by atoms with Gasteiger partial charge in [0.25, 0.3) is 0 Å². The molecule has 6 heteroatoms. The molecule has 1 fully saturated rings. The number of benzene rings is 2. The Bertz CT molecular complexity index is 1070. The van der Waals surface area contributed by atoms with Crippen molar-refractivity contribution in [1.82, 2.24) is 4.90 Å². The Morgan fingerprint density at radius 1 is 1.15 bits per heavy atom. The second kappa shape index (κ2) is 10.5. The van der Waals surface area contributed by atoms with E-state index in [1.807, 2.05) is 6.07 Å². The highest BCUT2D eigenvalue weighted by Crippen LogP contribution is 2.35. The third-order valence-electron chi connectivity index (χ3n) is 6.70. The molecule has 0 atom stereocenters. The van der Waals surface area contributed by atoms with E-state index in [1.165, 1.54) is 27.8 Å². The molecule has 6 nitrogen and oxygen atoms in total. The largest absolute Gasteiger partial charge is 0.506 e. The number of likely N-dealkylation sites (tertiary alicyclic amines) is 1. The average Bonchev–Trinajstić information content (AvgIpc) is 2.77. The highest BCUT2D eigenvalue weighted by molar-refractivity contribution is 5.72. The van der Waals surface area contributed by atoms with Crippen LogP contribution in [-0.4, -0.2) is 49.0 Å². The van der Waals surface area contributed by atoms with Crippen LogP contribution in [0.3, 0.4) is 0 Å². The van der Waals surface area contributed by atoms with Gasteiger partial charge in [0.2, 0.25) is 0 Å². The summed E-state index contributed by atoms with van der Waals surface area (Å²) < 4.78 is 16.6. The van der Waals surface area contributed by atoms with Gasteiger partial charge >= 0.3 is 6.16 Å². The first-order valence-electron chi connectivity index (χ1n) is 12.0. The molecule has 182 valence electrons. The summed E-state index contributed by atoms with van der Waals surface area (Å²) in [5.41, 5.74) is 7.66. The van der Waals surface area contributed by atoms with Gasteiger partial charge in [0, 0.05) is 25.2 Å². The molecule has 1 saturated heterocycles. The summed E-state index contributed by atoms with van der Waals surface area (Å²) >= 11 is 0. The number of hydrogen-bond donors (Lipinski definition) is 1. The van der Waals surface area contributed by atoms with Crippen molar-refractivity contribution in [1.29, 1.82) is 0 Å². The minimum atomic E-state index is -1.19. The number of allylic oxidation sites excluding steroid dienone is 1. The summed E-state index contributed by atoms with van der Waals surface area (Å²) in [5.74, 6) is 2.36. The molecule has 0 radical (unpaired) electrons.